The van der Waals surface area contributed by atoms with Gasteiger partial charge in [0, 0.05) is 6.54 Å². The molecule has 3 nitrogen and oxygen atoms in total. The summed E-state index contributed by atoms with van der Waals surface area (Å²) in [6.45, 7) is 0.424. The predicted molar refractivity (Wildman–Crippen MR) is 77.6 cm³/mol. The molecule has 0 amide bonds. The fourth-order valence-corrected chi connectivity index (χ4v) is 2.62. The second kappa shape index (κ2) is 5.36. The number of hydrogen-bond acceptors (Lipinski definition) is 3. The molecule has 0 fully saturated rings. The van der Waals surface area contributed by atoms with Crippen LogP contribution in [0.4, 0.5) is 0 Å². The van der Waals surface area contributed by atoms with E-state index in [1.54, 1.807) is 6.07 Å². The Balaban J connectivity index is 1.90. The number of aryl methyl sites for hydroxylation is 2. The summed E-state index contributed by atoms with van der Waals surface area (Å²) in [5, 5.41) is 9.20. The van der Waals surface area contributed by atoms with Gasteiger partial charge < -0.3 is 10.5 Å². The number of nitrogens with two attached hydrogens (primary N) is 1. The molecule has 2 aromatic carbocycles. The van der Waals surface area contributed by atoms with Crippen LogP contribution in [-0.2, 0) is 19.4 Å². The van der Waals surface area contributed by atoms with Crippen LogP contribution in [0.5, 0.6) is 11.5 Å². The molecule has 2 aromatic rings. The van der Waals surface area contributed by atoms with Crippen LogP contribution in [0.3, 0.4) is 0 Å². The lowest BCUT2D eigenvalue weighted by Gasteiger charge is -2.10. The van der Waals surface area contributed by atoms with Crippen LogP contribution in [0.1, 0.15) is 28.7 Å². The van der Waals surface area contributed by atoms with E-state index in [4.69, 9.17) is 10.5 Å². The zero-order chi connectivity index (χ0) is 13.9. The van der Waals surface area contributed by atoms with Gasteiger partial charge in [0.2, 0.25) is 0 Å². The van der Waals surface area contributed by atoms with Crippen molar-refractivity contribution in [2.45, 2.75) is 25.8 Å². The normalized spacial score (nSPS) is 12.8. The Kier molecular flexibility index (Phi) is 3.41. The number of nitriles is 1. The molecule has 0 aromatic heterocycles. The highest BCUT2D eigenvalue weighted by Crippen LogP contribution is 2.30. The summed E-state index contributed by atoms with van der Waals surface area (Å²) in [5.74, 6) is 1.38. The van der Waals surface area contributed by atoms with Crippen LogP contribution in [0.25, 0.3) is 0 Å². The minimum Gasteiger partial charge on any atom is -0.456 e. The third-order valence-electron chi connectivity index (χ3n) is 3.70. The number of ether oxygens (including phenoxy) is 1. The van der Waals surface area contributed by atoms with Crippen molar-refractivity contribution in [3.05, 3.63) is 58.7 Å². The van der Waals surface area contributed by atoms with Gasteiger partial charge in [-0.25, -0.2) is 0 Å². The summed E-state index contributed by atoms with van der Waals surface area (Å²) in [4.78, 5) is 0. The fourth-order valence-electron chi connectivity index (χ4n) is 2.62. The maximum atomic E-state index is 9.20. The quantitative estimate of drug-likeness (QED) is 0.925. The van der Waals surface area contributed by atoms with Gasteiger partial charge in [0.05, 0.1) is 5.56 Å². The first-order chi connectivity index (χ1) is 9.80. The lowest BCUT2D eigenvalue weighted by Crippen LogP contribution is -1.97. The zero-order valence-corrected chi connectivity index (χ0v) is 11.2. The lowest BCUT2D eigenvalue weighted by atomic mass is 10.1. The molecule has 0 unspecified atom stereocenters. The molecule has 20 heavy (non-hydrogen) atoms. The average molecular weight is 264 g/mol. The summed E-state index contributed by atoms with van der Waals surface area (Å²) in [7, 11) is 0. The molecule has 2 N–H and O–H groups in total. The maximum Gasteiger partial charge on any atom is 0.145 e. The van der Waals surface area contributed by atoms with Crippen molar-refractivity contribution in [2.75, 3.05) is 0 Å². The van der Waals surface area contributed by atoms with Gasteiger partial charge in [0.25, 0.3) is 0 Å². The minimum absolute atomic E-state index is 0.424. The van der Waals surface area contributed by atoms with Gasteiger partial charge in [-0.1, -0.05) is 12.1 Å². The molecule has 0 atom stereocenters. The summed E-state index contributed by atoms with van der Waals surface area (Å²) < 4.78 is 5.86. The van der Waals surface area contributed by atoms with Gasteiger partial charge in [-0.05, 0) is 60.2 Å². The second-order valence-electron chi connectivity index (χ2n) is 5.03. The van der Waals surface area contributed by atoms with E-state index in [-0.39, 0.29) is 0 Å². The van der Waals surface area contributed by atoms with Gasteiger partial charge in [0.1, 0.15) is 17.6 Å². The third-order valence-corrected chi connectivity index (χ3v) is 3.70. The predicted octanol–water partition coefficient (Wildman–Crippen LogP) is 3.30. The van der Waals surface area contributed by atoms with Crippen molar-refractivity contribution >= 4 is 0 Å². The SMILES string of the molecule is N#Cc1cc(CN)ccc1Oc1ccc2c(c1)CCC2. The molecule has 3 rings (SSSR count). The third kappa shape index (κ3) is 2.38. The summed E-state index contributed by atoms with van der Waals surface area (Å²) in [6, 6.07) is 13.8. The van der Waals surface area contributed by atoms with Gasteiger partial charge in [0.15, 0.2) is 0 Å². The van der Waals surface area contributed by atoms with E-state index in [0.29, 0.717) is 17.9 Å². The Morgan fingerprint density at radius 3 is 2.75 bits per heavy atom. The minimum atomic E-state index is 0.424. The monoisotopic (exact) mass is 264 g/mol. The van der Waals surface area contributed by atoms with Crippen LogP contribution in [0, 0.1) is 11.3 Å². The Morgan fingerprint density at radius 2 is 1.95 bits per heavy atom. The summed E-state index contributed by atoms with van der Waals surface area (Å²) in [5.41, 5.74) is 9.82. The van der Waals surface area contributed by atoms with E-state index < -0.39 is 0 Å². The van der Waals surface area contributed by atoms with Crippen LogP contribution >= 0.6 is 0 Å². The molecular formula is C17H16N2O. The molecule has 1 aliphatic rings. The number of rotatable bonds is 3. The van der Waals surface area contributed by atoms with Crippen LogP contribution in [0.15, 0.2) is 36.4 Å². The first-order valence-corrected chi connectivity index (χ1v) is 6.83. The van der Waals surface area contributed by atoms with Crippen LogP contribution in [-0.4, -0.2) is 0 Å². The standard InChI is InChI=1S/C17H16N2O/c18-10-12-4-7-17(15(8-12)11-19)20-16-6-5-13-2-1-3-14(13)9-16/h4-9H,1-3,10,18H2. The second-order valence-corrected chi connectivity index (χ2v) is 5.03. The Morgan fingerprint density at radius 1 is 1.10 bits per heavy atom. The van der Waals surface area contributed by atoms with E-state index in [1.807, 2.05) is 18.2 Å². The number of nitrogens with zero attached hydrogens (tertiary/aromatic N) is 1. The first kappa shape index (κ1) is 12.7. The van der Waals surface area contributed by atoms with E-state index in [9.17, 15) is 5.26 Å². The van der Waals surface area contributed by atoms with Crippen molar-refractivity contribution in [1.82, 2.24) is 0 Å². The molecule has 0 heterocycles. The Hall–Kier alpha value is -2.31. The molecule has 1 aliphatic carbocycles. The molecule has 0 saturated heterocycles. The van der Waals surface area contributed by atoms with E-state index in [2.05, 4.69) is 18.2 Å². The molecule has 0 aliphatic heterocycles. The number of fused-ring (bicyclic) bond motifs is 1. The van der Waals surface area contributed by atoms with Crippen LogP contribution < -0.4 is 10.5 Å². The van der Waals surface area contributed by atoms with Gasteiger partial charge in [-0.3, -0.25) is 0 Å². The molecule has 0 spiro atoms. The molecular weight excluding hydrogens is 248 g/mol. The van der Waals surface area contributed by atoms with E-state index in [1.165, 1.54) is 17.5 Å². The van der Waals surface area contributed by atoms with Gasteiger partial charge in [-0.2, -0.15) is 5.26 Å². The van der Waals surface area contributed by atoms with Crippen LogP contribution in [0.2, 0.25) is 0 Å². The van der Waals surface area contributed by atoms with E-state index >= 15 is 0 Å². The highest BCUT2D eigenvalue weighted by atomic mass is 16.5. The lowest BCUT2D eigenvalue weighted by molar-refractivity contribution is 0.480. The Bertz CT molecular complexity index is 686. The summed E-state index contributed by atoms with van der Waals surface area (Å²) >= 11 is 0. The largest absolute Gasteiger partial charge is 0.456 e. The summed E-state index contributed by atoms with van der Waals surface area (Å²) in [6.07, 6.45) is 3.49. The number of hydrogen-bond donors (Lipinski definition) is 1. The topological polar surface area (TPSA) is 59.0 Å². The highest BCUT2D eigenvalue weighted by molar-refractivity contribution is 5.48. The number of benzene rings is 2. The zero-order valence-electron chi connectivity index (χ0n) is 11.2. The first-order valence-electron chi connectivity index (χ1n) is 6.83. The molecule has 0 radical (unpaired) electrons. The van der Waals surface area contributed by atoms with Crippen molar-refractivity contribution in [1.29, 1.82) is 5.26 Å². The van der Waals surface area contributed by atoms with Gasteiger partial charge in [-0.15, -0.1) is 0 Å². The maximum absolute atomic E-state index is 9.20. The smallest absolute Gasteiger partial charge is 0.145 e. The average Bonchev–Trinajstić information content (AvgIpc) is 2.95. The van der Waals surface area contributed by atoms with Crippen molar-refractivity contribution in [3.8, 4) is 17.6 Å². The molecule has 0 bridgehead atoms. The highest BCUT2D eigenvalue weighted by Gasteiger charge is 2.12. The fraction of sp³-hybridized carbons (Fsp3) is 0.235. The van der Waals surface area contributed by atoms with E-state index in [0.717, 1.165) is 24.2 Å². The molecule has 100 valence electrons. The molecule has 3 heteroatoms. The van der Waals surface area contributed by atoms with Crippen molar-refractivity contribution < 1.29 is 4.74 Å². The van der Waals surface area contributed by atoms with Gasteiger partial charge >= 0.3 is 0 Å². The molecule has 0 saturated carbocycles. The van der Waals surface area contributed by atoms with Crippen molar-refractivity contribution in [3.63, 3.8) is 0 Å². The van der Waals surface area contributed by atoms with Crippen molar-refractivity contribution in [2.24, 2.45) is 5.73 Å². The Labute approximate surface area is 118 Å².